The zero-order valence-corrected chi connectivity index (χ0v) is 15.3. The molecular formula is C19H18ClN3O3. The van der Waals surface area contributed by atoms with E-state index in [4.69, 9.17) is 25.6 Å². The summed E-state index contributed by atoms with van der Waals surface area (Å²) in [6, 6.07) is 11.5. The number of aromatic nitrogens is 3. The Kier molecular flexibility index (Phi) is 4.28. The van der Waals surface area contributed by atoms with E-state index < -0.39 is 0 Å². The Morgan fingerprint density at radius 2 is 1.92 bits per heavy atom. The molecule has 1 fully saturated rings. The zero-order chi connectivity index (χ0) is 18.1. The number of rotatable bonds is 5. The molecule has 0 atom stereocenters. The van der Waals surface area contributed by atoms with Gasteiger partial charge in [-0.2, -0.15) is 4.98 Å². The summed E-state index contributed by atoms with van der Waals surface area (Å²) < 4.78 is 16.0. The van der Waals surface area contributed by atoms with Crippen LogP contribution in [-0.2, 0) is 5.41 Å². The molecule has 0 aliphatic heterocycles. The molecule has 0 unspecified atom stereocenters. The third kappa shape index (κ3) is 2.70. The molecule has 0 N–H and O–H groups in total. The van der Waals surface area contributed by atoms with Gasteiger partial charge in [-0.15, -0.1) is 0 Å². The van der Waals surface area contributed by atoms with E-state index in [1.54, 1.807) is 26.4 Å². The summed E-state index contributed by atoms with van der Waals surface area (Å²) in [5.74, 6) is 2.34. The van der Waals surface area contributed by atoms with Gasteiger partial charge in [-0.05, 0) is 42.7 Å². The van der Waals surface area contributed by atoms with Crippen molar-refractivity contribution in [3.05, 3.63) is 52.9 Å². The molecule has 26 heavy (non-hydrogen) atoms. The highest BCUT2D eigenvalue weighted by Crippen LogP contribution is 2.48. The van der Waals surface area contributed by atoms with E-state index in [-0.39, 0.29) is 10.6 Å². The van der Waals surface area contributed by atoms with Gasteiger partial charge in [-0.3, -0.25) is 0 Å². The van der Waals surface area contributed by atoms with Crippen LogP contribution < -0.4 is 9.47 Å². The highest BCUT2D eigenvalue weighted by molar-refractivity contribution is 6.30. The van der Waals surface area contributed by atoms with Crippen molar-refractivity contribution < 1.29 is 14.0 Å². The Morgan fingerprint density at radius 1 is 1.08 bits per heavy atom. The van der Waals surface area contributed by atoms with Crippen LogP contribution >= 0.6 is 11.6 Å². The average molecular weight is 372 g/mol. The Morgan fingerprint density at radius 3 is 2.58 bits per heavy atom. The third-order valence-electron chi connectivity index (χ3n) is 4.94. The lowest BCUT2D eigenvalue weighted by atomic mass is 9.64. The van der Waals surface area contributed by atoms with Crippen molar-refractivity contribution in [1.29, 1.82) is 0 Å². The Labute approximate surface area is 156 Å². The zero-order valence-electron chi connectivity index (χ0n) is 14.5. The van der Waals surface area contributed by atoms with Crippen molar-refractivity contribution in [2.45, 2.75) is 24.7 Å². The van der Waals surface area contributed by atoms with Crippen molar-refractivity contribution in [2.75, 3.05) is 14.2 Å². The second-order valence-corrected chi connectivity index (χ2v) is 6.64. The maximum absolute atomic E-state index is 6.10. The van der Waals surface area contributed by atoms with Crippen molar-refractivity contribution >= 4 is 11.6 Å². The SMILES string of the molecule is COc1cccc(C2(c3noc(-c4ccc(OC)c(Cl)n4)n3)CCC2)c1. The minimum absolute atomic E-state index is 0.243. The van der Waals surface area contributed by atoms with Gasteiger partial charge in [0, 0.05) is 0 Å². The summed E-state index contributed by atoms with van der Waals surface area (Å²) in [6.07, 6.45) is 3.06. The summed E-state index contributed by atoms with van der Waals surface area (Å²) in [6.45, 7) is 0. The molecule has 1 saturated carbocycles. The molecule has 6 nitrogen and oxygen atoms in total. The number of methoxy groups -OCH3 is 2. The standard InChI is InChI=1S/C19H18ClN3O3/c1-24-13-6-3-5-12(11-13)19(9-4-10-19)18-22-17(26-23-18)14-7-8-15(25-2)16(20)21-14/h3,5-8,11H,4,9-10H2,1-2H3. The summed E-state index contributed by atoms with van der Waals surface area (Å²) in [5.41, 5.74) is 1.41. The number of halogens is 1. The summed E-state index contributed by atoms with van der Waals surface area (Å²) >= 11 is 6.10. The van der Waals surface area contributed by atoms with Gasteiger partial charge in [-0.1, -0.05) is 35.3 Å². The first-order valence-electron chi connectivity index (χ1n) is 8.36. The minimum Gasteiger partial charge on any atom is -0.497 e. The fraction of sp³-hybridized carbons (Fsp3) is 0.316. The molecule has 134 valence electrons. The van der Waals surface area contributed by atoms with Crippen LogP contribution in [0.3, 0.4) is 0 Å². The van der Waals surface area contributed by atoms with Crippen molar-refractivity contribution in [2.24, 2.45) is 0 Å². The fourth-order valence-corrected chi connectivity index (χ4v) is 3.54. The highest BCUT2D eigenvalue weighted by atomic mass is 35.5. The molecular weight excluding hydrogens is 354 g/mol. The second-order valence-electron chi connectivity index (χ2n) is 6.28. The van der Waals surface area contributed by atoms with Gasteiger partial charge < -0.3 is 14.0 Å². The van der Waals surface area contributed by atoms with E-state index in [0.717, 1.165) is 30.6 Å². The van der Waals surface area contributed by atoms with Gasteiger partial charge in [0.15, 0.2) is 16.7 Å². The largest absolute Gasteiger partial charge is 0.497 e. The van der Waals surface area contributed by atoms with Crippen molar-refractivity contribution in [3.63, 3.8) is 0 Å². The van der Waals surface area contributed by atoms with E-state index in [0.29, 0.717) is 23.2 Å². The molecule has 1 aliphatic carbocycles. The number of ether oxygens (including phenoxy) is 2. The highest BCUT2D eigenvalue weighted by Gasteiger charge is 2.44. The predicted molar refractivity (Wildman–Crippen MR) is 96.7 cm³/mol. The molecule has 2 aromatic heterocycles. The number of hydrogen-bond donors (Lipinski definition) is 0. The van der Waals surface area contributed by atoms with Crippen LogP contribution in [0.2, 0.25) is 5.15 Å². The molecule has 3 aromatic rings. The van der Waals surface area contributed by atoms with Gasteiger partial charge >= 0.3 is 0 Å². The van der Waals surface area contributed by atoms with Gasteiger partial charge in [0.1, 0.15) is 11.4 Å². The number of hydrogen-bond acceptors (Lipinski definition) is 6. The van der Waals surface area contributed by atoms with Crippen LogP contribution in [0.15, 0.2) is 40.9 Å². The molecule has 0 spiro atoms. The van der Waals surface area contributed by atoms with E-state index in [2.05, 4.69) is 21.2 Å². The van der Waals surface area contributed by atoms with Gasteiger partial charge in [0.25, 0.3) is 5.89 Å². The Bertz CT molecular complexity index is 937. The molecule has 1 aromatic carbocycles. The van der Waals surface area contributed by atoms with Crippen LogP contribution in [-0.4, -0.2) is 29.3 Å². The second kappa shape index (κ2) is 6.61. The molecule has 0 amide bonds. The topological polar surface area (TPSA) is 70.3 Å². The minimum atomic E-state index is -0.243. The van der Waals surface area contributed by atoms with Crippen LogP contribution in [0.1, 0.15) is 30.7 Å². The Balaban J connectivity index is 1.71. The maximum Gasteiger partial charge on any atom is 0.276 e. The fourth-order valence-electron chi connectivity index (χ4n) is 3.31. The first-order valence-corrected chi connectivity index (χ1v) is 8.74. The van der Waals surface area contributed by atoms with Gasteiger partial charge in [-0.25, -0.2) is 4.98 Å². The van der Waals surface area contributed by atoms with Crippen molar-refractivity contribution in [3.8, 4) is 23.1 Å². The molecule has 1 aliphatic rings. The van der Waals surface area contributed by atoms with E-state index in [9.17, 15) is 0 Å². The first-order chi connectivity index (χ1) is 12.7. The van der Waals surface area contributed by atoms with Crippen molar-refractivity contribution in [1.82, 2.24) is 15.1 Å². The van der Waals surface area contributed by atoms with Crippen LogP contribution in [0.4, 0.5) is 0 Å². The normalized spacial score (nSPS) is 15.3. The molecule has 4 rings (SSSR count). The van der Waals surface area contributed by atoms with Gasteiger partial charge in [0.2, 0.25) is 0 Å². The third-order valence-corrected chi connectivity index (χ3v) is 5.21. The van der Waals surface area contributed by atoms with E-state index in [1.807, 2.05) is 18.2 Å². The van der Waals surface area contributed by atoms with E-state index >= 15 is 0 Å². The van der Waals surface area contributed by atoms with Crippen LogP contribution in [0.25, 0.3) is 11.6 Å². The lowest BCUT2D eigenvalue weighted by Gasteiger charge is -2.39. The molecule has 0 radical (unpaired) electrons. The van der Waals surface area contributed by atoms with Crippen LogP contribution in [0, 0.1) is 0 Å². The lowest BCUT2D eigenvalue weighted by molar-refractivity contribution is 0.272. The summed E-state index contributed by atoms with van der Waals surface area (Å²) in [7, 11) is 3.21. The Hall–Kier alpha value is -2.60. The number of pyridine rings is 1. The maximum atomic E-state index is 6.10. The summed E-state index contributed by atoms with van der Waals surface area (Å²) in [4.78, 5) is 8.90. The van der Waals surface area contributed by atoms with E-state index in [1.165, 1.54) is 0 Å². The monoisotopic (exact) mass is 371 g/mol. The number of nitrogens with zero attached hydrogens (tertiary/aromatic N) is 3. The molecule has 2 heterocycles. The molecule has 7 heteroatoms. The smallest absolute Gasteiger partial charge is 0.276 e. The molecule has 0 bridgehead atoms. The number of benzene rings is 1. The van der Waals surface area contributed by atoms with Gasteiger partial charge in [0.05, 0.1) is 19.6 Å². The quantitative estimate of drug-likeness (QED) is 0.624. The average Bonchev–Trinajstić information content (AvgIpc) is 3.11. The first kappa shape index (κ1) is 16.8. The molecule has 0 saturated heterocycles. The predicted octanol–water partition coefficient (Wildman–Crippen LogP) is 4.27. The lowest BCUT2D eigenvalue weighted by Crippen LogP contribution is -2.36. The summed E-state index contributed by atoms with van der Waals surface area (Å²) in [5, 5.41) is 4.51. The van der Waals surface area contributed by atoms with Crippen LogP contribution in [0.5, 0.6) is 11.5 Å².